The Hall–Kier alpha value is 0.0700. The SMILES string of the molecule is CCCC1OC(CP(=O)(OCC)OCC)OCC1CC. The predicted molar refractivity (Wildman–Crippen MR) is 79.0 cm³/mol. The van der Waals surface area contributed by atoms with Gasteiger partial charge in [-0.15, -0.1) is 0 Å². The molecule has 5 nitrogen and oxygen atoms in total. The zero-order valence-corrected chi connectivity index (χ0v) is 14.1. The van der Waals surface area contributed by atoms with Gasteiger partial charge in [0.2, 0.25) is 0 Å². The summed E-state index contributed by atoms with van der Waals surface area (Å²) in [6.07, 6.45) is 2.98. The highest BCUT2D eigenvalue weighted by Crippen LogP contribution is 2.49. The zero-order chi connectivity index (χ0) is 15.0. The Kier molecular flexibility index (Phi) is 8.30. The Labute approximate surface area is 122 Å². The first-order chi connectivity index (χ1) is 9.58. The topological polar surface area (TPSA) is 54.0 Å². The minimum absolute atomic E-state index is 0.172. The lowest BCUT2D eigenvalue weighted by Gasteiger charge is -2.37. The Bertz CT molecular complexity index is 300. The molecule has 120 valence electrons. The summed E-state index contributed by atoms with van der Waals surface area (Å²) in [6, 6.07) is 0. The van der Waals surface area contributed by atoms with Crippen LogP contribution in [0.5, 0.6) is 0 Å². The largest absolute Gasteiger partial charge is 0.352 e. The van der Waals surface area contributed by atoms with E-state index in [9.17, 15) is 4.57 Å². The van der Waals surface area contributed by atoms with Crippen molar-refractivity contribution in [2.24, 2.45) is 5.92 Å². The van der Waals surface area contributed by atoms with E-state index in [2.05, 4.69) is 13.8 Å². The number of ether oxygens (including phenoxy) is 2. The fourth-order valence-corrected chi connectivity index (χ4v) is 4.10. The normalized spacial score (nSPS) is 27.7. The lowest BCUT2D eigenvalue weighted by atomic mass is 9.96. The Balaban J connectivity index is 2.60. The van der Waals surface area contributed by atoms with Crippen molar-refractivity contribution in [2.75, 3.05) is 26.0 Å². The van der Waals surface area contributed by atoms with Crippen LogP contribution in [0.1, 0.15) is 47.0 Å². The first-order valence-electron chi connectivity index (χ1n) is 7.73. The second kappa shape index (κ2) is 9.16. The van der Waals surface area contributed by atoms with Gasteiger partial charge in [-0.1, -0.05) is 20.3 Å². The van der Waals surface area contributed by atoms with Crippen molar-refractivity contribution in [3.8, 4) is 0 Å². The first-order valence-corrected chi connectivity index (χ1v) is 9.46. The Morgan fingerprint density at radius 3 is 2.30 bits per heavy atom. The van der Waals surface area contributed by atoms with Crippen LogP contribution in [0.15, 0.2) is 0 Å². The molecule has 3 unspecified atom stereocenters. The van der Waals surface area contributed by atoms with Crippen LogP contribution in [0.2, 0.25) is 0 Å². The van der Waals surface area contributed by atoms with E-state index in [1.54, 1.807) is 13.8 Å². The van der Waals surface area contributed by atoms with Crippen LogP contribution in [0, 0.1) is 5.92 Å². The molecular weight excluding hydrogens is 279 g/mol. The highest BCUT2D eigenvalue weighted by atomic mass is 31.2. The fourth-order valence-electron chi connectivity index (χ4n) is 2.47. The van der Waals surface area contributed by atoms with E-state index >= 15 is 0 Å². The van der Waals surface area contributed by atoms with Gasteiger partial charge >= 0.3 is 7.60 Å². The van der Waals surface area contributed by atoms with Crippen LogP contribution in [0.25, 0.3) is 0 Å². The van der Waals surface area contributed by atoms with Gasteiger partial charge < -0.3 is 18.5 Å². The molecule has 20 heavy (non-hydrogen) atoms. The van der Waals surface area contributed by atoms with Gasteiger partial charge in [-0.25, -0.2) is 0 Å². The van der Waals surface area contributed by atoms with E-state index in [4.69, 9.17) is 18.5 Å². The molecule has 0 saturated carbocycles. The molecule has 0 radical (unpaired) electrons. The zero-order valence-electron chi connectivity index (χ0n) is 13.2. The van der Waals surface area contributed by atoms with Gasteiger partial charge in [0.25, 0.3) is 0 Å². The molecule has 1 rings (SSSR count). The third-order valence-electron chi connectivity index (χ3n) is 3.47. The van der Waals surface area contributed by atoms with Gasteiger partial charge in [-0.05, 0) is 26.7 Å². The molecule has 1 fully saturated rings. The number of hydrogen-bond acceptors (Lipinski definition) is 5. The summed E-state index contributed by atoms with van der Waals surface area (Å²) in [5, 5.41) is 0. The van der Waals surface area contributed by atoms with E-state index in [1.807, 2.05) is 0 Å². The van der Waals surface area contributed by atoms with Crippen LogP contribution >= 0.6 is 7.60 Å². The van der Waals surface area contributed by atoms with E-state index < -0.39 is 13.9 Å². The van der Waals surface area contributed by atoms with Crippen molar-refractivity contribution in [1.82, 2.24) is 0 Å². The average Bonchev–Trinajstić information content (AvgIpc) is 2.40. The molecule has 6 heteroatoms. The summed E-state index contributed by atoms with van der Waals surface area (Å²) in [6.45, 7) is 9.28. The van der Waals surface area contributed by atoms with Crippen molar-refractivity contribution in [2.45, 2.75) is 59.4 Å². The Morgan fingerprint density at radius 2 is 1.80 bits per heavy atom. The van der Waals surface area contributed by atoms with Gasteiger partial charge in [-0.3, -0.25) is 4.57 Å². The maximum absolute atomic E-state index is 12.5. The first kappa shape index (κ1) is 18.1. The molecule has 1 saturated heterocycles. The lowest BCUT2D eigenvalue weighted by Crippen LogP contribution is -2.41. The van der Waals surface area contributed by atoms with Crippen LogP contribution in [0.4, 0.5) is 0 Å². The third-order valence-corrected chi connectivity index (χ3v) is 5.52. The summed E-state index contributed by atoms with van der Waals surface area (Å²) in [7, 11) is -3.11. The predicted octanol–water partition coefficient (Wildman–Crippen LogP) is 3.82. The summed E-state index contributed by atoms with van der Waals surface area (Å²) in [4.78, 5) is 0. The van der Waals surface area contributed by atoms with Gasteiger partial charge in [0, 0.05) is 5.92 Å². The summed E-state index contributed by atoms with van der Waals surface area (Å²) in [5.74, 6) is 0.421. The lowest BCUT2D eigenvalue weighted by molar-refractivity contribution is -0.228. The maximum Gasteiger partial charge on any atom is 0.335 e. The molecule has 0 N–H and O–H groups in total. The van der Waals surface area contributed by atoms with E-state index in [1.165, 1.54) is 0 Å². The molecule has 0 amide bonds. The quantitative estimate of drug-likeness (QED) is 0.606. The second-order valence-corrected chi connectivity index (χ2v) is 7.13. The van der Waals surface area contributed by atoms with E-state index in [-0.39, 0.29) is 12.3 Å². The maximum atomic E-state index is 12.5. The molecule has 0 aromatic heterocycles. The number of rotatable bonds is 9. The Morgan fingerprint density at radius 1 is 1.15 bits per heavy atom. The van der Waals surface area contributed by atoms with Crippen molar-refractivity contribution in [3.63, 3.8) is 0 Å². The monoisotopic (exact) mass is 308 g/mol. The summed E-state index contributed by atoms with van der Waals surface area (Å²) in [5.41, 5.74) is 0. The average molecular weight is 308 g/mol. The van der Waals surface area contributed by atoms with Gasteiger partial charge in [0.05, 0.1) is 25.9 Å². The van der Waals surface area contributed by atoms with Crippen LogP contribution in [-0.2, 0) is 23.1 Å². The van der Waals surface area contributed by atoms with Gasteiger partial charge in [-0.2, -0.15) is 0 Å². The van der Waals surface area contributed by atoms with E-state index in [0.29, 0.717) is 25.7 Å². The molecular formula is C14H29O5P. The third kappa shape index (κ3) is 5.45. The van der Waals surface area contributed by atoms with E-state index in [0.717, 1.165) is 19.3 Å². The van der Waals surface area contributed by atoms with Gasteiger partial charge in [0.15, 0.2) is 6.29 Å². The van der Waals surface area contributed by atoms with Crippen molar-refractivity contribution in [3.05, 3.63) is 0 Å². The molecule has 0 spiro atoms. The van der Waals surface area contributed by atoms with Crippen molar-refractivity contribution < 1.29 is 23.1 Å². The van der Waals surface area contributed by atoms with Crippen LogP contribution < -0.4 is 0 Å². The standard InChI is InChI=1S/C14H29O5P/c1-5-9-13-12(6-2)10-16-14(19-13)11-20(15,17-7-3)18-8-4/h12-14H,5-11H2,1-4H3. The highest BCUT2D eigenvalue weighted by Gasteiger charge is 2.36. The molecule has 1 aliphatic heterocycles. The molecule has 3 atom stereocenters. The second-order valence-electron chi connectivity index (χ2n) is 5.02. The molecule has 0 bridgehead atoms. The minimum atomic E-state index is -3.11. The summed E-state index contributed by atoms with van der Waals surface area (Å²) >= 11 is 0. The van der Waals surface area contributed by atoms with Crippen LogP contribution in [0.3, 0.4) is 0 Å². The molecule has 1 aliphatic rings. The van der Waals surface area contributed by atoms with Gasteiger partial charge in [0.1, 0.15) is 6.16 Å². The highest BCUT2D eigenvalue weighted by molar-refractivity contribution is 7.53. The van der Waals surface area contributed by atoms with Crippen molar-refractivity contribution in [1.29, 1.82) is 0 Å². The fraction of sp³-hybridized carbons (Fsp3) is 1.00. The van der Waals surface area contributed by atoms with Crippen LogP contribution in [-0.4, -0.2) is 38.4 Å². The number of hydrogen-bond donors (Lipinski definition) is 0. The molecule has 0 aliphatic carbocycles. The summed E-state index contributed by atoms with van der Waals surface area (Å²) < 4.78 is 34.7. The molecule has 0 aromatic carbocycles. The molecule has 0 aromatic rings. The smallest absolute Gasteiger partial charge is 0.335 e. The van der Waals surface area contributed by atoms with Crippen molar-refractivity contribution >= 4 is 7.60 Å². The molecule has 1 heterocycles. The minimum Gasteiger partial charge on any atom is -0.352 e.